The fraction of sp³-hybridized carbons (Fsp3) is 0.536. The molecule has 40 heavy (non-hydrogen) atoms. The van der Waals surface area contributed by atoms with Gasteiger partial charge in [-0.3, -0.25) is 19.0 Å². The number of halogens is 1. The summed E-state index contributed by atoms with van der Waals surface area (Å²) in [6, 6.07) is 1.75. The summed E-state index contributed by atoms with van der Waals surface area (Å²) in [6.07, 6.45) is 10.1. The van der Waals surface area contributed by atoms with E-state index in [1.54, 1.807) is 27.8 Å². The third kappa shape index (κ3) is 6.01. The normalized spacial score (nSPS) is 16.7. The van der Waals surface area contributed by atoms with Crippen molar-refractivity contribution in [2.75, 3.05) is 26.1 Å². The van der Waals surface area contributed by atoms with Gasteiger partial charge in [0.2, 0.25) is 11.8 Å². The zero-order chi connectivity index (χ0) is 28.4. The molecule has 0 spiro atoms. The molecule has 1 unspecified atom stereocenters. The maximum absolute atomic E-state index is 14.1. The Bertz CT molecular complexity index is 1340. The molecule has 2 N–H and O–H groups in total. The first-order valence-electron chi connectivity index (χ1n) is 13.7. The zero-order valence-corrected chi connectivity index (χ0v) is 23.2. The SMILES string of the molecule is COCC(c1cc(F)cnc1OC)n1cc(NC(=O)[C@@H](NC(=O)c2ccnn2C(C)C)C(C2CC2)C2CC2)cn1. The average Bonchev–Trinajstić information content (AvgIpc) is 3.85. The Morgan fingerprint density at radius 3 is 2.48 bits per heavy atom. The molecule has 3 aromatic heterocycles. The average molecular weight is 554 g/mol. The van der Waals surface area contributed by atoms with Crippen molar-refractivity contribution in [2.24, 2.45) is 17.8 Å². The highest BCUT2D eigenvalue weighted by atomic mass is 19.1. The van der Waals surface area contributed by atoms with Crippen molar-refractivity contribution in [1.82, 2.24) is 29.9 Å². The van der Waals surface area contributed by atoms with E-state index in [-0.39, 0.29) is 36.3 Å². The van der Waals surface area contributed by atoms with E-state index in [0.717, 1.165) is 31.9 Å². The van der Waals surface area contributed by atoms with Crippen LogP contribution in [0, 0.1) is 23.6 Å². The summed E-state index contributed by atoms with van der Waals surface area (Å²) in [7, 11) is 2.99. The number of rotatable bonds is 13. The van der Waals surface area contributed by atoms with Gasteiger partial charge in [0.05, 0.1) is 31.8 Å². The molecule has 2 aliphatic rings. The Kier molecular flexibility index (Phi) is 8.15. The Balaban J connectivity index is 1.38. The Labute approximate surface area is 232 Å². The molecule has 0 aromatic carbocycles. The molecular formula is C28H36FN7O4. The molecule has 2 atom stereocenters. The fourth-order valence-corrected chi connectivity index (χ4v) is 5.46. The van der Waals surface area contributed by atoms with E-state index in [1.807, 2.05) is 13.8 Å². The minimum atomic E-state index is -0.700. The van der Waals surface area contributed by atoms with E-state index in [0.29, 0.717) is 28.8 Å². The number of pyridine rings is 1. The van der Waals surface area contributed by atoms with Crippen LogP contribution in [0.1, 0.15) is 67.7 Å². The topological polar surface area (TPSA) is 125 Å². The van der Waals surface area contributed by atoms with E-state index in [1.165, 1.54) is 26.5 Å². The maximum Gasteiger partial charge on any atom is 0.270 e. The predicted molar refractivity (Wildman–Crippen MR) is 144 cm³/mol. The Morgan fingerprint density at radius 1 is 1.12 bits per heavy atom. The van der Waals surface area contributed by atoms with Gasteiger partial charge in [-0.25, -0.2) is 9.37 Å². The summed E-state index contributed by atoms with van der Waals surface area (Å²) >= 11 is 0. The van der Waals surface area contributed by atoms with E-state index < -0.39 is 17.9 Å². The van der Waals surface area contributed by atoms with Crippen LogP contribution in [-0.2, 0) is 9.53 Å². The largest absolute Gasteiger partial charge is 0.481 e. The van der Waals surface area contributed by atoms with Gasteiger partial charge in [0.1, 0.15) is 23.6 Å². The number of anilines is 1. The minimum absolute atomic E-state index is 0.00323. The van der Waals surface area contributed by atoms with Gasteiger partial charge in [-0.2, -0.15) is 10.2 Å². The smallest absolute Gasteiger partial charge is 0.270 e. The molecule has 214 valence electrons. The second-order valence-electron chi connectivity index (χ2n) is 10.9. The zero-order valence-electron chi connectivity index (χ0n) is 23.2. The van der Waals surface area contributed by atoms with Gasteiger partial charge in [-0.05, 0) is 69.4 Å². The number of methoxy groups -OCH3 is 2. The highest BCUT2D eigenvalue weighted by Crippen LogP contribution is 2.51. The Morgan fingerprint density at radius 2 is 1.85 bits per heavy atom. The predicted octanol–water partition coefficient (Wildman–Crippen LogP) is 3.61. The number of amides is 2. The van der Waals surface area contributed by atoms with Crippen LogP contribution in [0.4, 0.5) is 10.1 Å². The second kappa shape index (κ2) is 11.7. The molecule has 5 rings (SSSR count). The quantitative estimate of drug-likeness (QED) is 0.331. The molecule has 2 fully saturated rings. The third-order valence-electron chi connectivity index (χ3n) is 7.59. The van der Waals surface area contributed by atoms with Gasteiger partial charge >= 0.3 is 0 Å². The summed E-state index contributed by atoms with van der Waals surface area (Å²) in [5, 5.41) is 14.7. The minimum Gasteiger partial charge on any atom is -0.481 e. The van der Waals surface area contributed by atoms with Gasteiger partial charge < -0.3 is 20.1 Å². The lowest BCUT2D eigenvalue weighted by molar-refractivity contribution is -0.119. The highest BCUT2D eigenvalue weighted by Gasteiger charge is 2.48. The second-order valence-corrected chi connectivity index (χ2v) is 10.9. The van der Waals surface area contributed by atoms with Gasteiger partial charge in [-0.15, -0.1) is 0 Å². The number of carbonyl (C=O) groups is 2. The van der Waals surface area contributed by atoms with E-state index in [2.05, 4.69) is 25.8 Å². The molecule has 3 heterocycles. The van der Waals surface area contributed by atoms with Gasteiger partial charge in [0.15, 0.2) is 0 Å². The van der Waals surface area contributed by atoms with Crippen molar-refractivity contribution in [2.45, 2.75) is 57.7 Å². The van der Waals surface area contributed by atoms with Crippen molar-refractivity contribution >= 4 is 17.5 Å². The van der Waals surface area contributed by atoms with E-state index >= 15 is 0 Å². The molecule has 0 bridgehead atoms. The molecule has 2 aliphatic carbocycles. The van der Waals surface area contributed by atoms with E-state index in [9.17, 15) is 14.0 Å². The van der Waals surface area contributed by atoms with Gasteiger partial charge in [-0.1, -0.05) is 0 Å². The third-order valence-corrected chi connectivity index (χ3v) is 7.59. The van der Waals surface area contributed by atoms with E-state index in [4.69, 9.17) is 9.47 Å². The van der Waals surface area contributed by atoms with Gasteiger partial charge in [0, 0.05) is 31.1 Å². The summed E-state index contributed by atoms with van der Waals surface area (Å²) in [4.78, 5) is 31.2. The van der Waals surface area contributed by atoms with Crippen molar-refractivity contribution in [3.8, 4) is 5.88 Å². The fourth-order valence-electron chi connectivity index (χ4n) is 5.46. The first-order chi connectivity index (χ1) is 19.3. The summed E-state index contributed by atoms with van der Waals surface area (Å²) in [6.45, 7) is 4.08. The maximum atomic E-state index is 14.1. The van der Waals surface area contributed by atoms with Crippen LogP contribution in [0.2, 0.25) is 0 Å². The molecule has 2 saturated carbocycles. The van der Waals surface area contributed by atoms with Crippen LogP contribution in [0.15, 0.2) is 36.9 Å². The molecule has 11 nitrogen and oxygen atoms in total. The molecular weight excluding hydrogens is 517 g/mol. The molecule has 2 amide bonds. The van der Waals surface area contributed by atoms with Crippen LogP contribution >= 0.6 is 0 Å². The standard InChI is InChI=1S/C28H36FN7O4/c1-16(2)36-22(9-10-31-36)26(37)34-25(24(17-5-6-17)18-7-8-18)27(38)33-20-13-32-35(14-20)23(15-39-3)21-11-19(29)12-30-28(21)40-4/h9-14,16-18,23-25H,5-8,15H2,1-4H3,(H,33,38)(H,34,37)/t23?,25-/m0/s1. The van der Waals surface area contributed by atoms with Crippen LogP contribution in [-0.4, -0.2) is 63.2 Å². The lowest BCUT2D eigenvalue weighted by Crippen LogP contribution is -2.50. The first-order valence-corrected chi connectivity index (χ1v) is 13.7. The van der Waals surface area contributed by atoms with Crippen LogP contribution in [0.25, 0.3) is 0 Å². The van der Waals surface area contributed by atoms with Crippen LogP contribution in [0.5, 0.6) is 5.88 Å². The summed E-state index contributed by atoms with van der Waals surface area (Å²) in [5.74, 6) is 0.0320. The van der Waals surface area contributed by atoms with Crippen LogP contribution in [0.3, 0.4) is 0 Å². The summed E-state index contributed by atoms with van der Waals surface area (Å²) < 4.78 is 28.0. The number of hydrogen-bond donors (Lipinski definition) is 2. The van der Waals surface area contributed by atoms with Gasteiger partial charge in [0.25, 0.3) is 5.91 Å². The molecule has 3 aromatic rings. The number of carbonyl (C=O) groups excluding carboxylic acids is 2. The molecule has 12 heteroatoms. The number of nitrogens with zero attached hydrogens (tertiary/aromatic N) is 5. The first kappa shape index (κ1) is 27.8. The Hall–Kier alpha value is -3.80. The molecule has 0 saturated heterocycles. The lowest BCUT2D eigenvalue weighted by Gasteiger charge is -2.27. The van der Waals surface area contributed by atoms with Crippen LogP contribution < -0.4 is 15.4 Å². The van der Waals surface area contributed by atoms with Crippen molar-refractivity contribution < 1.29 is 23.5 Å². The number of hydrogen-bond acceptors (Lipinski definition) is 7. The summed E-state index contributed by atoms with van der Waals surface area (Å²) in [5.41, 5.74) is 1.33. The monoisotopic (exact) mass is 553 g/mol. The molecule has 0 aliphatic heterocycles. The number of ether oxygens (including phenoxy) is 2. The number of aromatic nitrogens is 5. The highest BCUT2D eigenvalue weighted by molar-refractivity contribution is 6.00. The number of nitrogens with one attached hydrogen (secondary N) is 2. The van der Waals surface area contributed by atoms with Crippen molar-refractivity contribution in [3.63, 3.8) is 0 Å². The lowest BCUT2D eigenvalue weighted by atomic mass is 9.88. The van der Waals surface area contributed by atoms with Crippen molar-refractivity contribution in [3.05, 3.63) is 54.0 Å². The van der Waals surface area contributed by atoms with Crippen molar-refractivity contribution in [1.29, 1.82) is 0 Å². The molecule has 0 radical (unpaired) electrons.